The topological polar surface area (TPSA) is 44.2 Å². The molecule has 3 N–H and O–H groups in total. The van der Waals surface area contributed by atoms with Crippen molar-refractivity contribution >= 4 is 17.0 Å². The lowest BCUT2D eigenvalue weighted by atomic mass is 10.8. The summed E-state index contributed by atoms with van der Waals surface area (Å²) in [5, 5.41) is 0. The first-order valence-electron chi connectivity index (χ1n) is 1.99. The molecule has 0 aromatic carbocycles. The Morgan fingerprint density at radius 3 is 1.43 bits per heavy atom. The van der Waals surface area contributed by atoms with Crippen LogP contribution in [0, 0.1) is 0 Å². The molecule has 0 fully saturated rings. The first-order chi connectivity index (χ1) is 2.41. The summed E-state index contributed by atoms with van der Waals surface area (Å²) in [5.41, 5.74) is 0. The lowest BCUT2D eigenvalue weighted by Gasteiger charge is -1.86. The SMILES string of the molecule is Br.CCOCC.N. The van der Waals surface area contributed by atoms with Crippen LogP contribution in [0.3, 0.4) is 0 Å². The number of hydrogen-bond acceptors (Lipinski definition) is 2. The van der Waals surface area contributed by atoms with Gasteiger partial charge in [0.1, 0.15) is 0 Å². The third-order valence-corrected chi connectivity index (χ3v) is 0.408. The molecule has 0 aromatic heterocycles. The Labute approximate surface area is 55.6 Å². The van der Waals surface area contributed by atoms with Gasteiger partial charge < -0.3 is 10.9 Å². The largest absolute Gasteiger partial charge is 0.382 e. The molecule has 3 heteroatoms. The van der Waals surface area contributed by atoms with E-state index in [1.807, 2.05) is 13.8 Å². The van der Waals surface area contributed by atoms with Crippen LogP contribution in [0.4, 0.5) is 0 Å². The molecule has 0 saturated carbocycles. The van der Waals surface area contributed by atoms with Gasteiger partial charge in [-0.1, -0.05) is 0 Å². The normalized spacial score (nSPS) is 6.00. The van der Waals surface area contributed by atoms with Crippen molar-refractivity contribution in [3.8, 4) is 0 Å². The minimum atomic E-state index is 0. The molecule has 48 valence electrons. The van der Waals surface area contributed by atoms with Crippen molar-refractivity contribution in [3.63, 3.8) is 0 Å². The van der Waals surface area contributed by atoms with Gasteiger partial charge in [0.2, 0.25) is 0 Å². The third kappa shape index (κ3) is 21.5. The fraction of sp³-hybridized carbons (Fsp3) is 1.00. The number of hydrogen-bond donors (Lipinski definition) is 1. The third-order valence-electron chi connectivity index (χ3n) is 0.408. The molecule has 0 rings (SSSR count). The van der Waals surface area contributed by atoms with Gasteiger partial charge >= 0.3 is 0 Å². The fourth-order valence-corrected chi connectivity index (χ4v) is 0.204. The van der Waals surface area contributed by atoms with Gasteiger partial charge in [-0.25, -0.2) is 0 Å². The summed E-state index contributed by atoms with van der Waals surface area (Å²) in [6.45, 7) is 5.67. The summed E-state index contributed by atoms with van der Waals surface area (Å²) in [6.07, 6.45) is 0. The summed E-state index contributed by atoms with van der Waals surface area (Å²) in [4.78, 5) is 0. The van der Waals surface area contributed by atoms with Crippen LogP contribution in [0.15, 0.2) is 0 Å². The zero-order valence-corrected chi connectivity index (χ0v) is 6.65. The highest BCUT2D eigenvalue weighted by molar-refractivity contribution is 8.93. The van der Waals surface area contributed by atoms with Gasteiger partial charge in [0.15, 0.2) is 0 Å². The smallest absolute Gasteiger partial charge is 0.0437 e. The van der Waals surface area contributed by atoms with E-state index in [0.717, 1.165) is 13.2 Å². The van der Waals surface area contributed by atoms with E-state index in [2.05, 4.69) is 0 Å². The van der Waals surface area contributed by atoms with Crippen molar-refractivity contribution in [3.05, 3.63) is 0 Å². The van der Waals surface area contributed by atoms with Gasteiger partial charge in [0.25, 0.3) is 0 Å². The molecule has 2 nitrogen and oxygen atoms in total. The van der Waals surface area contributed by atoms with Gasteiger partial charge in [0, 0.05) is 13.2 Å². The van der Waals surface area contributed by atoms with Gasteiger partial charge in [-0.3, -0.25) is 0 Å². The Morgan fingerprint density at radius 1 is 1.14 bits per heavy atom. The molecule has 0 unspecified atom stereocenters. The minimum absolute atomic E-state index is 0. The lowest BCUT2D eigenvalue weighted by molar-refractivity contribution is 0.162. The van der Waals surface area contributed by atoms with E-state index < -0.39 is 0 Å². The van der Waals surface area contributed by atoms with E-state index in [0.29, 0.717) is 0 Å². The van der Waals surface area contributed by atoms with Crippen LogP contribution < -0.4 is 6.15 Å². The summed E-state index contributed by atoms with van der Waals surface area (Å²) in [6, 6.07) is 0. The fourth-order valence-electron chi connectivity index (χ4n) is 0.204. The highest BCUT2D eigenvalue weighted by Gasteiger charge is 1.64. The van der Waals surface area contributed by atoms with Crippen molar-refractivity contribution in [2.75, 3.05) is 13.2 Å². The van der Waals surface area contributed by atoms with Crippen LogP contribution in [0.5, 0.6) is 0 Å². The Bertz CT molecular complexity index is 19.2. The number of halogens is 1. The first-order valence-corrected chi connectivity index (χ1v) is 1.99. The molecule has 0 amide bonds. The van der Waals surface area contributed by atoms with Crippen molar-refractivity contribution in [1.82, 2.24) is 6.15 Å². The second-order valence-corrected chi connectivity index (χ2v) is 0.781. The van der Waals surface area contributed by atoms with E-state index >= 15 is 0 Å². The van der Waals surface area contributed by atoms with Gasteiger partial charge in [-0.05, 0) is 13.8 Å². The zero-order valence-electron chi connectivity index (χ0n) is 4.94. The van der Waals surface area contributed by atoms with Crippen LogP contribution in [0.25, 0.3) is 0 Å². The molecule has 0 aliphatic rings. The Morgan fingerprint density at radius 2 is 1.43 bits per heavy atom. The molecule has 0 aliphatic heterocycles. The first kappa shape index (κ1) is 15.7. The maximum Gasteiger partial charge on any atom is 0.0437 e. The highest BCUT2D eigenvalue weighted by Crippen LogP contribution is 1.64. The van der Waals surface area contributed by atoms with Crippen molar-refractivity contribution in [2.24, 2.45) is 0 Å². The molecular formula is C4H14BrNO. The summed E-state index contributed by atoms with van der Waals surface area (Å²) >= 11 is 0. The van der Waals surface area contributed by atoms with Crippen LogP contribution >= 0.6 is 17.0 Å². The van der Waals surface area contributed by atoms with Crippen molar-refractivity contribution in [2.45, 2.75) is 13.8 Å². The molecule has 7 heavy (non-hydrogen) atoms. The summed E-state index contributed by atoms with van der Waals surface area (Å²) < 4.78 is 4.83. The molecule has 0 aromatic rings. The van der Waals surface area contributed by atoms with E-state index in [4.69, 9.17) is 4.74 Å². The van der Waals surface area contributed by atoms with E-state index in [-0.39, 0.29) is 23.1 Å². The Hall–Kier alpha value is 0.400. The summed E-state index contributed by atoms with van der Waals surface area (Å²) in [5.74, 6) is 0. The second kappa shape index (κ2) is 16.1. The van der Waals surface area contributed by atoms with Crippen LogP contribution in [-0.4, -0.2) is 13.2 Å². The lowest BCUT2D eigenvalue weighted by Crippen LogP contribution is -1.84. The average molecular weight is 172 g/mol. The molecule has 0 bridgehead atoms. The Balaban J connectivity index is -0.0000000800. The van der Waals surface area contributed by atoms with E-state index in [9.17, 15) is 0 Å². The predicted octanol–water partition coefficient (Wildman–Crippen LogP) is 1.78. The van der Waals surface area contributed by atoms with Crippen LogP contribution in [0.1, 0.15) is 13.8 Å². The van der Waals surface area contributed by atoms with Crippen molar-refractivity contribution in [1.29, 1.82) is 0 Å². The molecule has 0 atom stereocenters. The molecule has 0 saturated heterocycles. The maximum atomic E-state index is 4.83. The quantitative estimate of drug-likeness (QED) is 0.689. The van der Waals surface area contributed by atoms with Gasteiger partial charge in [0.05, 0.1) is 0 Å². The highest BCUT2D eigenvalue weighted by atomic mass is 79.9. The summed E-state index contributed by atoms with van der Waals surface area (Å²) in [7, 11) is 0. The zero-order chi connectivity index (χ0) is 4.12. The number of rotatable bonds is 2. The minimum Gasteiger partial charge on any atom is -0.382 e. The molecule has 0 aliphatic carbocycles. The average Bonchev–Trinajstić information content (AvgIpc) is 1.41. The van der Waals surface area contributed by atoms with Crippen molar-refractivity contribution < 1.29 is 4.74 Å². The van der Waals surface area contributed by atoms with Crippen LogP contribution in [-0.2, 0) is 4.74 Å². The molecule has 0 spiro atoms. The number of ether oxygens (including phenoxy) is 1. The van der Waals surface area contributed by atoms with Crippen LogP contribution in [0.2, 0.25) is 0 Å². The van der Waals surface area contributed by atoms with E-state index in [1.165, 1.54) is 0 Å². The molecular weight excluding hydrogens is 158 g/mol. The second-order valence-electron chi connectivity index (χ2n) is 0.781. The molecule has 0 radical (unpaired) electrons. The van der Waals surface area contributed by atoms with Gasteiger partial charge in [-0.15, -0.1) is 17.0 Å². The Kier molecular flexibility index (Phi) is 36.1. The molecule has 0 heterocycles. The van der Waals surface area contributed by atoms with E-state index in [1.54, 1.807) is 0 Å². The predicted molar refractivity (Wildman–Crippen MR) is 37.5 cm³/mol. The monoisotopic (exact) mass is 171 g/mol. The maximum absolute atomic E-state index is 4.83. The van der Waals surface area contributed by atoms with Gasteiger partial charge in [-0.2, -0.15) is 0 Å². The standard InChI is InChI=1S/C4H10O.BrH.H3N/c1-3-5-4-2;;/h3-4H2,1-2H3;1H;1H3.